The number of nitrogens with one attached hydrogen (secondary N) is 2. The second-order valence-corrected chi connectivity index (χ2v) is 7.38. The Labute approximate surface area is 175 Å². The Hall–Kier alpha value is -2.97. The van der Waals surface area contributed by atoms with E-state index < -0.39 is 0 Å². The standard InChI is InChI=1S/C21H25N5O2S/c1-25(2)13-16-6-4-15(5-7-16)12-22-19(27)14-26-20(23-24-21(26)29)17-8-10-18(28-3)11-9-17/h4-11H,12-14H2,1-3H3,(H,22,27)(H,24,29). The molecule has 29 heavy (non-hydrogen) atoms. The lowest BCUT2D eigenvalue weighted by atomic mass is 10.1. The van der Waals surface area contributed by atoms with Crippen molar-refractivity contribution in [2.75, 3.05) is 21.2 Å². The minimum Gasteiger partial charge on any atom is -0.497 e. The molecule has 8 heteroatoms. The largest absolute Gasteiger partial charge is 0.497 e. The lowest BCUT2D eigenvalue weighted by Gasteiger charge is -2.11. The Bertz CT molecular complexity index is 1010. The molecule has 2 aromatic carbocycles. The Morgan fingerprint density at radius 2 is 1.79 bits per heavy atom. The maximum absolute atomic E-state index is 12.5. The summed E-state index contributed by atoms with van der Waals surface area (Å²) in [5.41, 5.74) is 3.13. The first-order chi connectivity index (χ1) is 14.0. The Kier molecular flexibility index (Phi) is 6.79. The van der Waals surface area contributed by atoms with Gasteiger partial charge in [-0.25, -0.2) is 0 Å². The summed E-state index contributed by atoms with van der Waals surface area (Å²) in [4.78, 5) is 14.6. The predicted molar refractivity (Wildman–Crippen MR) is 115 cm³/mol. The van der Waals surface area contributed by atoms with Gasteiger partial charge >= 0.3 is 0 Å². The van der Waals surface area contributed by atoms with Gasteiger partial charge in [0, 0.05) is 18.7 Å². The molecule has 0 spiro atoms. The number of rotatable bonds is 8. The van der Waals surface area contributed by atoms with E-state index >= 15 is 0 Å². The second kappa shape index (κ2) is 9.49. The van der Waals surface area contributed by atoms with Gasteiger partial charge in [-0.2, -0.15) is 5.10 Å². The number of ether oxygens (including phenoxy) is 1. The van der Waals surface area contributed by atoms with Crippen molar-refractivity contribution in [2.24, 2.45) is 0 Å². The summed E-state index contributed by atoms with van der Waals surface area (Å²) in [5.74, 6) is 1.24. The van der Waals surface area contributed by atoms with Crippen molar-refractivity contribution in [1.82, 2.24) is 25.0 Å². The van der Waals surface area contributed by atoms with E-state index in [1.165, 1.54) is 5.56 Å². The third-order valence-electron chi connectivity index (χ3n) is 4.42. The van der Waals surface area contributed by atoms with Crippen LogP contribution < -0.4 is 10.1 Å². The van der Waals surface area contributed by atoms with Crippen molar-refractivity contribution in [2.45, 2.75) is 19.6 Å². The molecule has 0 bridgehead atoms. The molecule has 1 amide bonds. The van der Waals surface area contributed by atoms with Crippen LogP contribution in [0.2, 0.25) is 0 Å². The molecule has 3 aromatic rings. The summed E-state index contributed by atoms with van der Waals surface area (Å²) in [6.45, 7) is 1.44. The van der Waals surface area contributed by atoms with Crippen molar-refractivity contribution < 1.29 is 9.53 Å². The number of H-pyrrole nitrogens is 1. The second-order valence-electron chi connectivity index (χ2n) is 7.00. The number of carbonyl (C=O) groups excluding carboxylic acids is 1. The molecule has 0 radical (unpaired) electrons. The van der Waals surface area contributed by atoms with Gasteiger partial charge in [0.2, 0.25) is 5.91 Å². The molecule has 3 rings (SSSR count). The van der Waals surface area contributed by atoms with Crippen molar-refractivity contribution in [1.29, 1.82) is 0 Å². The van der Waals surface area contributed by atoms with Crippen LogP contribution in [0, 0.1) is 4.77 Å². The first-order valence-corrected chi connectivity index (χ1v) is 9.66. The third kappa shape index (κ3) is 5.52. The fourth-order valence-corrected chi connectivity index (χ4v) is 3.15. The van der Waals surface area contributed by atoms with E-state index in [0.717, 1.165) is 23.4 Å². The molecule has 0 fully saturated rings. The minimum absolute atomic E-state index is 0.0927. The number of carbonyl (C=O) groups is 1. The fourth-order valence-electron chi connectivity index (χ4n) is 2.95. The summed E-state index contributed by atoms with van der Waals surface area (Å²) in [7, 11) is 5.69. The van der Waals surface area contributed by atoms with E-state index in [4.69, 9.17) is 17.0 Å². The number of aromatic nitrogens is 3. The van der Waals surface area contributed by atoms with Crippen molar-refractivity contribution in [3.8, 4) is 17.1 Å². The highest BCUT2D eigenvalue weighted by atomic mass is 32.1. The number of benzene rings is 2. The maximum Gasteiger partial charge on any atom is 0.240 e. The molecule has 0 unspecified atom stereocenters. The first kappa shape index (κ1) is 20.8. The molecule has 7 nitrogen and oxygen atoms in total. The van der Waals surface area contributed by atoms with E-state index in [9.17, 15) is 4.79 Å². The maximum atomic E-state index is 12.5. The summed E-state index contributed by atoms with van der Waals surface area (Å²) in [6, 6.07) is 15.7. The highest BCUT2D eigenvalue weighted by Gasteiger charge is 2.12. The van der Waals surface area contributed by atoms with Gasteiger partial charge in [0.25, 0.3) is 0 Å². The van der Waals surface area contributed by atoms with Crippen LogP contribution in [0.3, 0.4) is 0 Å². The van der Waals surface area contributed by atoms with Crippen molar-refractivity contribution in [3.05, 3.63) is 64.4 Å². The zero-order valence-corrected chi connectivity index (χ0v) is 17.6. The molecular formula is C21H25N5O2S. The molecule has 0 saturated heterocycles. The summed E-state index contributed by atoms with van der Waals surface area (Å²) in [6.07, 6.45) is 0. The number of aromatic amines is 1. The molecule has 1 aromatic heterocycles. The molecule has 0 saturated carbocycles. The van der Waals surface area contributed by atoms with Gasteiger partial charge in [-0.05, 0) is 61.7 Å². The Morgan fingerprint density at radius 1 is 1.14 bits per heavy atom. The molecule has 1 heterocycles. The van der Waals surface area contributed by atoms with Gasteiger partial charge in [0.15, 0.2) is 10.6 Å². The lowest BCUT2D eigenvalue weighted by Crippen LogP contribution is -2.27. The third-order valence-corrected chi connectivity index (χ3v) is 4.73. The Morgan fingerprint density at radius 3 is 2.41 bits per heavy atom. The van der Waals surface area contributed by atoms with Crippen LogP contribution in [0.5, 0.6) is 5.75 Å². The average molecular weight is 412 g/mol. The van der Waals surface area contributed by atoms with Crippen molar-refractivity contribution >= 4 is 18.1 Å². The zero-order chi connectivity index (χ0) is 20.8. The fraction of sp³-hybridized carbons (Fsp3) is 0.286. The van der Waals surface area contributed by atoms with E-state index in [2.05, 4.69) is 32.5 Å². The van der Waals surface area contributed by atoms with E-state index in [1.54, 1.807) is 11.7 Å². The van der Waals surface area contributed by atoms with Crippen LogP contribution in [0.25, 0.3) is 11.4 Å². The van der Waals surface area contributed by atoms with Crippen LogP contribution >= 0.6 is 12.2 Å². The predicted octanol–water partition coefficient (Wildman–Crippen LogP) is 2.99. The Balaban J connectivity index is 1.63. The first-order valence-electron chi connectivity index (χ1n) is 9.25. The molecule has 0 atom stereocenters. The van der Waals surface area contributed by atoms with Crippen LogP contribution in [0.15, 0.2) is 48.5 Å². The van der Waals surface area contributed by atoms with E-state index in [0.29, 0.717) is 17.1 Å². The number of hydrogen-bond acceptors (Lipinski definition) is 5. The number of methoxy groups -OCH3 is 1. The van der Waals surface area contributed by atoms with Gasteiger partial charge in [-0.15, -0.1) is 0 Å². The SMILES string of the molecule is COc1ccc(-c2n[nH]c(=S)n2CC(=O)NCc2ccc(CN(C)C)cc2)cc1. The van der Waals surface area contributed by atoms with Gasteiger partial charge in [0.1, 0.15) is 12.3 Å². The van der Waals surface area contributed by atoms with Crippen LogP contribution in [-0.4, -0.2) is 46.8 Å². The lowest BCUT2D eigenvalue weighted by molar-refractivity contribution is -0.121. The minimum atomic E-state index is -0.130. The number of hydrogen-bond donors (Lipinski definition) is 2. The molecule has 0 aliphatic carbocycles. The van der Waals surface area contributed by atoms with E-state index in [1.807, 2.05) is 50.5 Å². The van der Waals surface area contributed by atoms with Crippen LogP contribution in [-0.2, 0) is 24.4 Å². The smallest absolute Gasteiger partial charge is 0.240 e. The van der Waals surface area contributed by atoms with Gasteiger partial charge in [0.05, 0.1) is 7.11 Å². The molecule has 0 aliphatic rings. The zero-order valence-electron chi connectivity index (χ0n) is 16.8. The number of amides is 1. The summed E-state index contributed by atoms with van der Waals surface area (Å²) in [5, 5.41) is 9.98. The van der Waals surface area contributed by atoms with Gasteiger partial charge < -0.3 is 15.0 Å². The summed E-state index contributed by atoms with van der Waals surface area (Å²) < 4.78 is 7.27. The molecule has 0 aliphatic heterocycles. The van der Waals surface area contributed by atoms with Crippen molar-refractivity contribution in [3.63, 3.8) is 0 Å². The molecular weight excluding hydrogens is 386 g/mol. The van der Waals surface area contributed by atoms with Gasteiger partial charge in [-0.3, -0.25) is 14.5 Å². The summed E-state index contributed by atoms with van der Waals surface area (Å²) >= 11 is 5.30. The van der Waals surface area contributed by atoms with Crippen LogP contribution in [0.4, 0.5) is 0 Å². The highest BCUT2D eigenvalue weighted by molar-refractivity contribution is 7.71. The monoisotopic (exact) mass is 411 g/mol. The van der Waals surface area contributed by atoms with Crippen LogP contribution in [0.1, 0.15) is 11.1 Å². The quantitative estimate of drug-likeness (QED) is 0.558. The molecule has 2 N–H and O–H groups in total. The normalized spacial score (nSPS) is 10.9. The van der Waals surface area contributed by atoms with Gasteiger partial charge in [-0.1, -0.05) is 24.3 Å². The topological polar surface area (TPSA) is 75.2 Å². The highest BCUT2D eigenvalue weighted by Crippen LogP contribution is 2.20. The van der Waals surface area contributed by atoms with E-state index in [-0.39, 0.29) is 12.5 Å². The molecule has 152 valence electrons. The number of nitrogens with zero attached hydrogens (tertiary/aromatic N) is 3. The average Bonchev–Trinajstić information content (AvgIpc) is 3.07.